The molecule has 4 aromatic rings. The molecular formula is C22H15BO2. The first-order chi connectivity index (χ1) is 12.2. The second-order valence-electron chi connectivity index (χ2n) is 6.43. The van der Waals surface area contributed by atoms with Gasteiger partial charge < -0.3 is 10.0 Å². The molecule has 0 unspecified atom stereocenters. The fourth-order valence-electron chi connectivity index (χ4n) is 3.93. The maximum atomic E-state index is 9.48. The summed E-state index contributed by atoms with van der Waals surface area (Å²) in [4.78, 5) is 0. The molecule has 0 saturated heterocycles. The van der Waals surface area contributed by atoms with Crippen molar-refractivity contribution in [3.63, 3.8) is 0 Å². The van der Waals surface area contributed by atoms with E-state index in [4.69, 9.17) is 0 Å². The van der Waals surface area contributed by atoms with Crippen LogP contribution in [0.15, 0.2) is 78.9 Å². The summed E-state index contributed by atoms with van der Waals surface area (Å²) in [5.41, 5.74) is 7.69. The van der Waals surface area contributed by atoms with E-state index in [1.807, 2.05) is 18.2 Å². The molecule has 3 heteroatoms. The van der Waals surface area contributed by atoms with Crippen molar-refractivity contribution in [2.45, 2.75) is 0 Å². The molecule has 4 aromatic carbocycles. The van der Waals surface area contributed by atoms with E-state index >= 15 is 0 Å². The van der Waals surface area contributed by atoms with E-state index < -0.39 is 7.12 Å². The van der Waals surface area contributed by atoms with Gasteiger partial charge in [0.15, 0.2) is 0 Å². The van der Waals surface area contributed by atoms with Gasteiger partial charge in [-0.25, -0.2) is 0 Å². The maximum absolute atomic E-state index is 9.48. The predicted molar refractivity (Wildman–Crippen MR) is 104 cm³/mol. The Bertz CT molecular complexity index is 1100. The SMILES string of the molecule is OB(O)c1cccc(-c2ccc3c4c(cccc24)-c2ccccc2-3)c1. The van der Waals surface area contributed by atoms with Crippen molar-refractivity contribution in [2.24, 2.45) is 0 Å². The van der Waals surface area contributed by atoms with Crippen molar-refractivity contribution in [3.8, 4) is 33.4 Å². The highest BCUT2D eigenvalue weighted by atomic mass is 16.4. The third kappa shape index (κ3) is 2.07. The minimum absolute atomic E-state index is 0.504. The minimum atomic E-state index is -1.46. The first kappa shape index (κ1) is 14.5. The summed E-state index contributed by atoms with van der Waals surface area (Å²) >= 11 is 0. The van der Waals surface area contributed by atoms with Crippen molar-refractivity contribution < 1.29 is 10.0 Å². The summed E-state index contributed by atoms with van der Waals surface area (Å²) in [5, 5.41) is 21.4. The lowest BCUT2D eigenvalue weighted by atomic mass is 9.79. The summed E-state index contributed by atoms with van der Waals surface area (Å²) in [6.45, 7) is 0. The number of fused-ring (bicyclic) bond motifs is 3. The molecule has 0 radical (unpaired) electrons. The van der Waals surface area contributed by atoms with Crippen molar-refractivity contribution in [2.75, 3.05) is 0 Å². The van der Waals surface area contributed by atoms with Crippen LogP contribution >= 0.6 is 0 Å². The zero-order valence-corrected chi connectivity index (χ0v) is 13.5. The summed E-state index contributed by atoms with van der Waals surface area (Å²) in [7, 11) is -1.46. The van der Waals surface area contributed by atoms with Crippen molar-refractivity contribution in [1.29, 1.82) is 0 Å². The highest BCUT2D eigenvalue weighted by Crippen LogP contribution is 2.48. The molecule has 0 heterocycles. The van der Waals surface area contributed by atoms with Gasteiger partial charge in [-0.2, -0.15) is 0 Å². The van der Waals surface area contributed by atoms with E-state index in [1.165, 1.54) is 33.0 Å². The van der Waals surface area contributed by atoms with Crippen LogP contribution in [0.3, 0.4) is 0 Å². The Morgan fingerprint density at radius 3 is 1.96 bits per heavy atom. The van der Waals surface area contributed by atoms with Gasteiger partial charge in [0.25, 0.3) is 0 Å². The maximum Gasteiger partial charge on any atom is 0.488 e. The molecule has 0 atom stereocenters. The minimum Gasteiger partial charge on any atom is -0.423 e. The Morgan fingerprint density at radius 2 is 1.20 bits per heavy atom. The molecule has 25 heavy (non-hydrogen) atoms. The fourth-order valence-corrected chi connectivity index (χ4v) is 3.93. The van der Waals surface area contributed by atoms with Crippen LogP contribution in [0.4, 0.5) is 0 Å². The van der Waals surface area contributed by atoms with Crippen molar-refractivity contribution in [1.82, 2.24) is 0 Å². The van der Waals surface area contributed by atoms with Crippen LogP contribution in [-0.2, 0) is 0 Å². The third-order valence-electron chi connectivity index (χ3n) is 5.04. The molecule has 0 aromatic heterocycles. The molecule has 118 valence electrons. The van der Waals surface area contributed by atoms with Gasteiger partial charge >= 0.3 is 7.12 Å². The zero-order valence-electron chi connectivity index (χ0n) is 13.5. The Kier molecular flexibility index (Phi) is 3.08. The van der Waals surface area contributed by atoms with E-state index in [-0.39, 0.29) is 0 Å². The van der Waals surface area contributed by atoms with Crippen LogP contribution in [0.2, 0.25) is 0 Å². The molecular weight excluding hydrogens is 307 g/mol. The largest absolute Gasteiger partial charge is 0.488 e. The molecule has 0 saturated carbocycles. The van der Waals surface area contributed by atoms with Crippen molar-refractivity contribution >= 4 is 23.4 Å². The van der Waals surface area contributed by atoms with Crippen LogP contribution in [0.1, 0.15) is 0 Å². The molecule has 1 aliphatic carbocycles. The average molecular weight is 322 g/mol. The normalized spacial score (nSPS) is 11.6. The van der Waals surface area contributed by atoms with Crippen molar-refractivity contribution in [3.05, 3.63) is 78.9 Å². The topological polar surface area (TPSA) is 40.5 Å². The van der Waals surface area contributed by atoms with Gasteiger partial charge in [0.05, 0.1) is 0 Å². The van der Waals surface area contributed by atoms with Crippen LogP contribution < -0.4 is 5.46 Å². The van der Waals surface area contributed by atoms with E-state index in [0.717, 1.165) is 11.1 Å². The van der Waals surface area contributed by atoms with Gasteiger partial charge in [-0.05, 0) is 49.6 Å². The first-order valence-electron chi connectivity index (χ1n) is 8.36. The molecule has 2 N–H and O–H groups in total. The van der Waals surface area contributed by atoms with Crippen LogP contribution in [0.5, 0.6) is 0 Å². The van der Waals surface area contributed by atoms with Gasteiger partial charge in [0, 0.05) is 0 Å². The molecule has 5 rings (SSSR count). The summed E-state index contributed by atoms with van der Waals surface area (Å²) < 4.78 is 0. The predicted octanol–water partition coefficient (Wildman–Crippen LogP) is 3.83. The smallest absolute Gasteiger partial charge is 0.423 e. The lowest BCUT2D eigenvalue weighted by Gasteiger charge is -2.11. The Morgan fingerprint density at radius 1 is 0.560 bits per heavy atom. The summed E-state index contributed by atoms with van der Waals surface area (Å²) in [6.07, 6.45) is 0. The molecule has 0 spiro atoms. The standard InChI is InChI=1S/C22H15BO2/c24-23(25)15-6-3-5-14(13-15)16-11-12-21-18-8-2-1-7-17(18)20-10-4-9-19(16)22(20)21/h1-13,24-25H. The fraction of sp³-hybridized carbons (Fsp3) is 0. The lowest BCUT2D eigenvalue weighted by molar-refractivity contribution is 0.426. The first-order valence-corrected chi connectivity index (χ1v) is 8.36. The summed E-state index contributed by atoms with van der Waals surface area (Å²) in [5.74, 6) is 0. The van der Waals surface area contributed by atoms with Gasteiger partial charge in [-0.15, -0.1) is 0 Å². The van der Waals surface area contributed by atoms with Gasteiger partial charge in [0.1, 0.15) is 0 Å². The van der Waals surface area contributed by atoms with E-state index in [9.17, 15) is 10.0 Å². The summed E-state index contributed by atoms with van der Waals surface area (Å²) in [6, 6.07) is 26.7. The number of benzene rings is 4. The monoisotopic (exact) mass is 322 g/mol. The zero-order chi connectivity index (χ0) is 17.0. The number of rotatable bonds is 2. The van der Waals surface area contributed by atoms with E-state index in [1.54, 1.807) is 6.07 Å². The number of hydrogen-bond acceptors (Lipinski definition) is 2. The molecule has 0 bridgehead atoms. The van der Waals surface area contributed by atoms with E-state index in [2.05, 4.69) is 54.6 Å². The molecule has 0 amide bonds. The molecule has 1 aliphatic rings. The van der Waals surface area contributed by atoms with E-state index in [0.29, 0.717) is 5.46 Å². The third-order valence-corrected chi connectivity index (χ3v) is 5.04. The Hall–Kier alpha value is -2.88. The lowest BCUT2D eigenvalue weighted by Crippen LogP contribution is -2.29. The average Bonchev–Trinajstić information content (AvgIpc) is 2.98. The molecule has 2 nitrogen and oxygen atoms in total. The Labute approximate surface area is 146 Å². The Balaban J connectivity index is 1.82. The van der Waals surface area contributed by atoms with Crippen LogP contribution in [0.25, 0.3) is 44.2 Å². The van der Waals surface area contributed by atoms with Gasteiger partial charge in [-0.3, -0.25) is 0 Å². The second-order valence-corrected chi connectivity index (χ2v) is 6.43. The number of hydrogen-bond donors (Lipinski definition) is 2. The highest BCUT2D eigenvalue weighted by molar-refractivity contribution is 6.58. The van der Waals surface area contributed by atoms with Gasteiger partial charge in [0.2, 0.25) is 0 Å². The molecule has 0 fully saturated rings. The van der Waals surface area contributed by atoms with Crippen LogP contribution in [0, 0.1) is 0 Å². The quantitative estimate of drug-likeness (QED) is 0.485. The highest BCUT2D eigenvalue weighted by Gasteiger charge is 2.22. The van der Waals surface area contributed by atoms with Gasteiger partial charge in [-0.1, -0.05) is 78.9 Å². The van der Waals surface area contributed by atoms with Crippen LogP contribution in [-0.4, -0.2) is 17.2 Å². The molecule has 0 aliphatic heterocycles. The second kappa shape index (κ2) is 5.31.